The first-order valence-electron chi connectivity index (χ1n) is 4.11. The summed E-state index contributed by atoms with van der Waals surface area (Å²) in [6, 6.07) is 5.65. The van der Waals surface area contributed by atoms with Crippen molar-refractivity contribution in [3.63, 3.8) is 0 Å². The minimum Gasteiger partial charge on any atom is -0.298 e. The summed E-state index contributed by atoms with van der Waals surface area (Å²) in [5.41, 5.74) is 1.78. The monoisotopic (exact) mass is 171 g/mol. The van der Waals surface area contributed by atoms with E-state index in [1.54, 1.807) is 12.4 Å². The summed E-state index contributed by atoms with van der Waals surface area (Å²) in [7, 11) is 0. The van der Waals surface area contributed by atoms with Gasteiger partial charge in [0.15, 0.2) is 6.29 Å². The van der Waals surface area contributed by atoms with E-state index in [9.17, 15) is 4.79 Å². The first-order valence-corrected chi connectivity index (χ1v) is 4.11. The SMILES string of the molecule is Cc1cncc2cccc(C=O)c12. The van der Waals surface area contributed by atoms with Crippen molar-refractivity contribution >= 4 is 17.1 Å². The second kappa shape index (κ2) is 2.98. The topological polar surface area (TPSA) is 30.0 Å². The maximum Gasteiger partial charge on any atom is 0.150 e. The Hall–Kier alpha value is -1.70. The Balaban J connectivity index is 2.94. The average molecular weight is 171 g/mol. The van der Waals surface area contributed by atoms with Crippen molar-refractivity contribution in [2.75, 3.05) is 0 Å². The molecule has 0 atom stereocenters. The highest BCUT2D eigenvalue weighted by molar-refractivity contribution is 5.99. The molecule has 0 saturated carbocycles. The quantitative estimate of drug-likeness (QED) is 0.616. The molecule has 2 heteroatoms. The minimum atomic E-state index is 0.734. The number of pyridine rings is 1. The molecule has 0 aliphatic carbocycles. The van der Waals surface area contributed by atoms with Crippen LogP contribution in [0.2, 0.25) is 0 Å². The number of rotatable bonds is 1. The van der Waals surface area contributed by atoms with Gasteiger partial charge in [-0.05, 0) is 17.9 Å². The van der Waals surface area contributed by atoms with Crippen LogP contribution in [-0.2, 0) is 0 Å². The number of hydrogen-bond acceptors (Lipinski definition) is 2. The second-order valence-electron chi connectivity index (χ2n) is 3.02. The summed E-state index contributed by atoms with van der Waals surface area (Å²) in [5.74, 6) is 0. The highest BCUT2D eigenvalue weighted by atomic mass is 16.1. The van der Waals surface area contributed by atoms with E-state index in [0.717, 1.165) is 28.2 Å². The molecule has 0 amide bonds. The number of fused-ring (bicyclic) bond motifs is 1. The summed E-state index contributed by atoms with van der Waals surface area (Å²) in [4.78, 5) is 14.8. The van der Waals surface area contributed by atoms with E-state index < -0.39 is 0 Å². The normalized spacial score (nSPS) is 10.2. The van der Waals surface area contributed by atoms with Gasteiger partial charge in [-0.1, -0.05) is 18.2 Å². The van der Waals surface area contributed by atoms with Crippen LogP contribution < -0.4 is 0 Å². The zero-order valence-electron chi connectivity index (χ0n) is 7.32. The number of benzene rings is 1. The van der Waals surface area contributed by atoms with Gasteiger partial charge < -0.3 is 0 Å². The van der Waals surface area contributed by atoms with E-state index in [-0.39, 0.29) is 0 Å². The van der Waals surface area contributed by atoms with Crippen LogP contribution in [0.3, 0.4) is 0 Å². The molecular formula is C11H9NO. The maximum absolute atomic E-state index is 10.8. The van der Waals surface area contributed by atoms with Crippen LogP contribution in [0, 0.1) is 6.92 Å². The van der Waals surface area contributed by atoms with Crippen molar-refractivity contribution in [2.24, 2.45) is 0 Å². The van der Waals surface area contributed by atoms with Gasteiger partial charge in [0.25, 0.3) is 0 Å². The molecule has 2 aromatic rings. The van der Waals surface area contributed by atoms with Gasteiger partial charge in [-0.2, -0.15) is 0 Å². The molecule has 2 rings (SSSR count). The summed E-state index contributed by atoms with van der Waals surface area (Å²) in [5, 5.41) is 2.03. The third-order valence-corrected chi connectivity index (χ3v) is 2.13. The van der Waals surface area contributed by atoms with E-state index in [4.69, 9.17) is 0 Å². The number of nitrogens with zero attached hydrogens (tertiary/aromatic N) is 1. The molecule has 2 nitrogen and oxygen atoms in total. The number of hydrogen-bond donors (Lipinski definition) is 0. The summed E-state index contributed by atoms with van der Waals surface area (Å²) in [6.07, 6.45) is 4.43. The zero-order valence-corrected chi connectivity index (χ0v) is 7.32. The fourth-order valence-corrected chi connectivity index (χ4v) is 1.54. The lowest BCUT2D eigenvalue weighted by atomic mass is 10.0. The molecule has 0 bridgehead atoms. The number of carbonyl (C=O) groups excluding carboxylic acids is 1. The van der Waals surface area contributed by atoms with E-state index in [1.165, 1.54) is 0 Å². The lowest BCUT2D eigenvalue weighted by molar-refractivity contribution is 0.112. The number of aryl methyl sites for hydroxylation is 1. The van der Waals surface area contributed by atoms with Gasteiger partial charge in [-0.25, -0.2) is 0 Å². The Morgan fingerprint density at radius 1 is 1.31 bits per heavy atom. The second-order valence-corrected chi connectivity index (χ2v) is 3.02. The van der Waals surface area contributed by atoms with Crippen molar-refractivity contribution in [1.82, 2.24) is 4.98 Å². The van der Waals surface area contributed by atoms with Gasteiger partial charge in [0.05, 0.1) is 0 Å². The first-order chi connectivity index (χ1) is 6.33. The van der Waals surface area contributed by atoms with Crippen LogP contribution in [0.15, 0.2) is 30.6 Å². The summed E-state index contributed by atoms with van der Waals surface area (Å²) >= 11 is 0. The fourth-order valence-electron chi connectivity index (χ4n) is 1.54. The molecule has 0 saturated heterocycles. The van der Waals surface area contributed by atoms with Gasteiger partial charge >= 0.3 is 0 Å². The van der Waals surface area contributed by atoms with Crippen LogP contribution >= 0.6 is 0 Å². The van der Waals surface area contributed by atoms with Gasteiger partial charge in [0.1, 0.15) is 0 Å². The summed E-state index contributed by atoms with van der Waals surface area (Å²) in [6.45, 7) is 1.96. The van der Waals surface area contributed by atoms with Crippen molar-refractivity contribution in [3.8, 4) is 0 Å². The smallest absolute Gasteiger partial charge is 0.150 e. The predicted octanol–water partition coefficient (Wildman–Crippen LogP) is 2.36. The number of aldehydes is 1. The van der Waals surface area contributed by atoms with Crippen molar-refractivity contribution in [3.05, 3.63) is 41.7 Å². The molecule has 0 aliphatic rings. The maximum atomic E-state index is 10.8. The minimum absolute atomic E-state index is 0.734. The largest absolute Gasteiger partial charge is 0.298 e. The summed E-state index contributed by atoms with van der Waals surface area (Å²) < 4.78 is 0. The van der Waals surface area contributed by atoms with E-state index in [0.29, 0.717) is 0 Å². The average Bonchev–Trinajstić information content (AvgIpc) is 2.17. The fraction of sp³-hybridized carbons (Fsp3) is 0.0909. The highest BCUT2D eigenvalue weighted by Gasteiger charge is 2.01. The molecule has 0 unspecified atom stereocenters. The van der Waals surface area contributed by atoms with Crippen LogP contribution in [0.25, 0.3) is 10.8 Å². The van der Waals surface area contributed by atoms with Gasteiger partial charge in [-0.15, -0.1) is 0 Å². The van der Waals surface area contributed by atoms with Crippen LogP contribution in [0.4, 0.5) is 0 Å². The molecule has 0 radical (unpaired) electrons. The lowest BCUT2D eigenvalue weighted by Gasteiger charge is -2.02. The Kier molecular flexibility index (Phi) is 1.81. The Bertz CT molecular complexity index is 457. The molecule has 0 fully saturated rings. The third kappa shape index (κ3) is 1.20. The molecule has 1 aromatic carbocycles. The van der Waals surface area contributed by atoms with E-state index in [2.05, 4.69) is 4.98 Å². The molecule has 0 aliphatic heterocycles. The molecule has 0 N–H and O–H groups in total. The number of aromatic nitrogens is 1. The molecule has 1 heterocycles. The molecule has 1 aromatic heterocycles. The molecule has 0 spiro atoms. The number of carbonyl (C=O) groups is 1. The molecular weight excluding hydrogens is 162 g/mol. The third-order valence-electron chi connectivity index (χ3n) is 2.13. The lowest BCUT2D eigenvalue weighted by Crippen LogP contribution is -1.87. The molecule has 64 valence electrons. The standard InChI is InChI=1S/C11H9NO/c1-8-5-12-6-9-3-2-4-10(7-13)11(8)9/h2-7H,1H3. The highest BCUT2D eigenvalue weighted by Crippen LogP contribution is 2.19. The predicted molar refractivity (Wildman–Crippen MR) is 51.9 cm³/mol. The molecule has 13 heavy (non-hydrogen) atoms. The Morgan fingerprint density at radius 2 is 2.15 bits per heavy atom. The Labute approximate surface area is 76.2 Å². The Morgan fingerprint density at radius 3 is 2.92 bits per heavy atom. The van der Waals surface area contributed by atoms with Gasteiger partial charge in [0.2, 0.25) is 0 Å². The van der Waals surface area contributed by atoms with Crippen molar-refractivity contribution in [1.29, 1.82) is 0 Å². The van der Waals surface area contributed by atoms with E-state index >= 15 is 0 Å². The van der Waals surface area contributed by atoms with Crippen LogP contribution in [-0.4, -0.2) is 11.3 Å². The zero-order chi connectivity index (χ0) is 9.26. The van der Waals surface area contributed by atoms with Crippen LogP contribution in [0.1, 0.15) is 15.9 Å². The first kappa shape index (κ1) is 7.92. The van der Waals surface area contributed by atoms with Gasteiger partial charge in [0, 0.05) is 23.3 Å². The van der Waals surface area contributed by atoms with Crippen LogP contribution in [0.5, 0.6) is 0 Å². The van der Waals surface area contributed by atoms with Crippen molar-refractivity contribution in [2.45, 2.75) is 6.92 Å². The van der Waals surface area contributed by atoms with Crippen molar-refractivity contribution < 1.29 is 4.79 Å². The van der Waals surface area contributed by atoms with Gasteiger partial charge in [-0.3, -0.25) is 9.78 Å². The van der Waals surface area contributed by atoms with E-state index in [1.807, 2.05) is 25.1 Å².